The molecule has 0 heterocycles. The standard InChI is InChI=1S/C40H36BrN/c1-37(2)31-22-33(41)35(23-32(31)38(3,4)39(37,5)6)42-34-21-13-20-30-36(34)26-16-9-12-19-29(26)40(30)27-17-10-7-14-24(27)25-15-8-11-18-28(25)40/h7-23,42H,1-6H3. The molecule has 0 saturated carbocycles. The minimum atomic E-state index is -0.331. The average molecular weight is 611 g/mol. The van der Waals surface area contributed by atoms with Gasteiger partial charge in [0.1, 0.15) is 0 Å². The van der Waals surface area contributed by atoms with Crippen molar-refractivity contribution in [1.82, 2.24) is 0 Å². The molecule has 3 aliphatic carbocycles. The molecule has 8 rings (SSSR count). The van der Waals surface area contributed by atoms with Gasteiger partial charge in [-0.3, -0.25) is 0 Å². The van der Waals surface area contributed by atoms with Crippen molar-refractivity contribution in [2.24, 2.45) is 5.41 Å². The normalized spacial score (nSPS) is 18.6. The molecule has 0 aromatic heterocycles. The summed E-state index contributed by atoms with van der Waals surface area (Å²) >= 11 is 3.99. The molecule has 0 atom stereocenters. The number of fused-ring (bicyclic) bond motifs is 11. The predicted octanol–water partition coefficient (Wildman–Crippen LogP) is 11.1. The first-order chi connectivity index (χ1) is 20.0. The lowest BCUT2D eigenvalue weighted by atomic mass is 9.59. The van der Waals surface area contributed by atoms with E-state index < -0.39 is 0 Å². The molecule has 5 aromatic carbocycles. The maximum atomic E-state index is 3.99. The molecule has 3 aliphatic rings. The molecule has 0 amide bonds. The van der Waals surface area contributed by atoms with Crippen molar-refractivity contribution in [2.75, 3.05) is 5.32 Å². The van der Waals surface area contributed by atoms with Crippen LogP contribution in [-0.2, 0) is 16.2 Å². The minimum absolute atomic E-state index is 0.0372. The van der Waals surface area contributed by atoms with Gasteiger partial charge in [0.25, 0.3) is 0 Å². The molecule has 0 saturated heterocycles. The SMILES string of the molecule is CC1(C)c2cc(Br)c(Nc3cccc4c3-c3ccccc3C43c4ccccc4-c4ccccc43)cc2C(C)(C)C1(C)C. The van der Waals surface area contributed by atoms with Crippen molar-refractivity contribution >= 4 is 27.3 Å². The van der Waals surface area contributed by atoms with Gasteiger partial charge in [-0.1, -0.05) is 126 Å². The number of anilines is 2. The Morgan fingerprint density at radius 1 is 0.476 bits per heavy atom. The van der Waals surface area contributed by atoms with E-state index >= 15 is 0 Å². The van der Waals surface area contributed by atoms with Crippen LogP contribution in [0, 0.1) is 5.41 Å². The summed E-state index contributed by atoms with van der Waals surface area (Å²) in [7, 11) is 0. The van der Waals surface area contributed by atoms with Crippen LogP contribution in [0.15, 0.2) is 108 Å². The highest BCUT2D eigenvalue weighted by molar-refractivity contribution is 9.10. The van der Waals surface area contributed by atoms with E-state index in [1.165, 1.54) is 55.6 Å². The zero-order chi connectivity index (χ0) is 29.2. The summed E-state index contributed by atoms with van der Waals surface area (Å²) in [6.07, 6.45) is 0. The van der Waals surface area contributed by atoms with Gasteiger partial charge >= 0.3 is 0 Å². The lowest BCUT2D eigenvalue weighted by Crippen LogP contribution is -2.42. The van der Waals surface area contributed by atoms with Crippen LogP contribution in [0.1, 0.15) is 74.9 Å². The third kappa shape index (κ3) is 2.90. The molecular weight excluding hydrogens is 574 g/mol. The summed E-state index contributed by atoms with van der Waals surface area (Å²) in [6, 6.07) is 38.6. The zero-order valence-corrected chi connectivity index (χ0v) is 26.8. The Hall–Kier alpha value is -3.62. The van der Waals surface area contributed by atoms with Crippen molar-refractivity contribution in [2.45, 2.75) is 57.8 Å². The molecular formula is C40H36BrN. The van der Waals surface area contributed by atoms with Crippen LogP contribution in [0.3, 0.4) is 0 Å². The zero-order valence-electron chi connectivity index (χ0n) is 25.2. The molecule has 0 unspecified atom stereocenters. The highest BCUT2D eigenvalue weighted by atomic mass is 79.9. The molecule has 5 aromatic rings. The van der Waals surface area contributed by atoms with Crippen LogP contribution < -0.4 is 5.32 Å². The second kappa shape index (κ2) is 8.26. The topological polar surface area (TPSA) is 12.0 Å². The molecule has 0 aliphatic heterocycles. The van der Waals surface area contributed by atoms with Crippen molar-refractivity contribution < 1.29 is 0 Å². The van der Waals surface area contributed by atoms with E-state index in [0.29, 0.717) is 0 Å². The Labute approximate surface area is 258 Å². The summed E-state index contributed by atoms with van der Waals surface area (Å²) in [5.74, 6) is 0. The number of rotatable bonds is 2. The van der Waals surface area contributed by atoms with E-state index in [1.807, 2.05) is 0 Å². The molecule has 1 spiro atoms. The molecule has 0 fully saturated rings. The second-order valence-corrected chi connectivity index (χ2v) is 14.8. The summed E-state index contributed by atoms with van der Waals surface area (Å²) < 4.78 is 1.11. The number of benzene rings is 5. The number of halogens is 1. The fourth-order valence-electron chi connectivity index (χ4n) is 8.55. The Kier molecular flexibility index (Phi) is 5.12. The average Bonchev–Trinajstić information content (AvgIpc) is 3.48. The Morgan fingerprint density at radius 3 is 1.55 bits per heavy atom. The van der Waals surface area contributed by atoms with Crippen LogP contribution in [0.2, 0.25) is 0 Å². The summed E-state index contributed by atoms with van der Waals surface area (Å²) in [4.78, 5) is 0. The first-order valence-electron chi connectivity index (χ1n) is 15.1. The van der Waals surface area contributed by atoms with E-state index in [9.17, 15) is 0 Å². The quantitative estimate of drug-likeness (QED) is 0.205. The van der Waals surface area contributed by atoms with Gasteiger partial charge in [-0.2, -0.15) is 0 Å². The van der Waals surface area contributed by atoms with E-state index in [4.69, 9.17) is 0 Å². The Morgan fingerprint density at radius 2 is 0.952 bits per heavy atom. The van der Waals surface area contributed by atoms with Crippen molar-refractivity contribution in [3.63, 3.8) is 0 Å². The predicted molar refractivity (Wildman–Crippen MR) is 180 cm³/mol. The van der Waals surface area contributed by atoms with Crippen LogP contribution in [-0.4, -0.2) is 0 Å². The largest absolute Gasteiger partial charge is 0.354 e. The fraction of sp³-hybridized carbons (Fsp3) is 0.250. The fourth-order valence-corrected chi connectivity index (χ4v) is 8.99. The van der Waals surface area contributed by atoms with Gasteiger partial charge in [-0.05, 0) is 100 Å². The van der Waals surface area contributed by atoms with Gasteiger partial charge in [0.15, 0.2) is 0 Å². The molecule has 0 radical (unpaired) electrons. The van der Waals surface area contributed by atoms with Crippen LogP contribution in [0.5, 0.6) is 0 Å². The van der Waals surface area contributed by atoms with Gasteiger partial charge in [0.05, 0.1) is 11.1 Å². The summed E-state index contributed by atoms with van der Waals surface area (Å²) in [5.41, 5.74) is 15.8. The molecule has 1 nitrogen and oxygen atoms in total. The number of hydrogen-bond acceptors (Lipinski definition) is 1. The van der Waals surface area contributed by atoms with Gasteiger partial charge in [-0.25, -0.2) is 0 Å². The van der Waals surface area contributed by atoms with Gasteiger partial charge in [0.2, 0.25) is 0 Å². The lowest BCUT2D eigenvalue weighted by molar-refractivity contribution is 0.125. The Bertz CT molecular complexity index is 1910. The van der Waals surface area contributed by atoms with Crippen LogP contribution in [0.25, 0.3) is 22.3 Å². The Balaban J connectivity index is 1.36. The molecule has 1 N–H and O–H groups in total. The smallest absolute Gasteiger partial charge is 0.0726 e. The lowest BCUT2D eigenvalue weighted by Gasteiger charge is -2.44. The van der Waals surface area contributed by atoms with Crippen molar-refractivity contribution in [3.05, 3.63) is 141 Å². The monoisotopic (exact) mass is 609 g/mol. The van der Waals surface area contributed by atoms with E-state index in [2.05, 4.69) is 166 Å². The van der Waals surface area contributed by atoms with Gasteiger partial charge in [0, 0.05) is 15.7 Å². The van der Waals surface area contributed by atoms with E-state index in [1.54, 1.807) is 0 Å². The third-order valence-electron chi connectivity index (χ3n) is 11.9. The molecule has 42 heavy (non-hydrogen) atoms. The summed E-state index contributed by atoms with van der Waals surface area (Å²) in [6.45, 7) is 14.5. The number of hydrogen-bond donors (Lipinski definition) is 1. The molecule has 208 valence electrons. The van der Waals surface area contributed by atoms with E-state index in [-0.39, 0.29) is 21.7 Å². The van der Waals surface area contributed by atoms with Crippen LogP contribution in [0.4, 0.5) is 11.4 Å². The number of nitrogens with one attached hydrogen (secondary N) is 1. The maximum absolute atomic E-state index is 3.99. The second-order valence-electron chi connectivity index (χ2n) is 14.0. The first-order valence-corrected chi connectivity index (χ1v) is 15.9. The third-order valence-corrected chi connectivity index (χ3v) is 12.5. The van der Waals surface area contributed by atoms with E-state index in [0.717, 1.165) is 15.8 Å². The molecule has 0 bridgehead atoms. The van der Waals surface area contributed by atoms with Crippen molar-refractivity contribution in [1.29, 1.82) is 0 Å². The van der Waals surface area contributed by atoms with Crippen molar-refractivity contribution in [3.8, 4) is 22.3 Å². The van der Waals surface area contributed by atoms with Gasteiger partial charge in [-0.15, -0.1) is 0 Å². The maximum Gasteiger partial charge on any atom is 0.0726 e. The molecule has 2 heteroatoms. The van der Waals surface area contributed by atoms with Crippen LogP contribution >= 0.6 is 15.9 Å². The summed E-state index contributed by atoms with van der Waals surface area (Å²) in [5, 5.41) is 3.94. The highest BCUT2D eigenvalue weighted by Crippen LogP contribution is 2.65. The highest BCUT2D eigenvalue weighted by Gasteiger charge is 2.57. The first kappa shape index (κ1) is 26.0. The minimum Gasteiger partial charge on any atom is -0.354 e. The van der Waals surface area contributed by atoms with Gasteiger partial charge < -0.3 is 5.32 Å².